The number of β-amino-alcohol motifs (C(OH)–C–C–N with tert-alkyl or cyclic N) is 1. The summed E-state index contributed by atoms with van der Waals surface area (Å²) in [7, 11) is 0. The Labute approximate surface area is 215 Å². The van der Waals surface area contributed by atoms with Crippen LogP contribution < -0.4 is 14.4 Å². The second-order valence-corrected chi connectivity index (χ2v) is 9.27. The minimum Gasteiger partial charge on any atom is -0.487 e. The molecule has 1 atom stereocenters. The number of piperazine rings is 1. The van der Waals surface area contributed by atoms with Crippen LogP contribution in [0.5, 0.6) is 11.5 Å². The molecule has 0 bridgehead atoms. The highest BCUT2D eigenvalue weighted by Gasteiger charge is 2.21. The van der Waals surface area contributed by atoms with Gasteiger partial charge >= 0.3 is 0 Å². The molecule has 1 fully saturated rings. The van der Waals surface area contributed by atoms with E-state index in [1.54, 1.807) is 18.4 Å². The number of nitro groups is 1. The average Bonchev–Trinajstić information content (AvgIpc) is 2.92. The molecule has 0 aliphatic carbocycles. The highest BCUT2D eigenvalue weighted by molar-refractivity contribution is 5.52. The number of non-ortho nitro benzene ring substituents is 1. The topological polar surface area (TPSA) is 101 Å². The Balaban J connectivity index is 1.26. The standard InChI is InChI=1S/C28H30N4O5/c1-20-16-24(31-11-9-30(10-12-31)13-14-33)17-22(29-20)19-37-25-6-7-27-26(8-15-36-28(27)18-25)21-2-4-23(5-3-21)32(34)35/h2-8,15-18,26,33H,9-14,19H2,1H3. The van der Waals surface area contributed by atoms with E-state index in [2.05, 4.69) is 26.9 Å². The van der Waals surface area contributed by atoms with Crippen LogP contribution in [0, 0.1) is 17.0 Å². The first-order chi connectivity index (χ1) is 18.0. The van der Waals surface area contributed by atoms with E-state index in [9.17, 15) is 15.2 Å². The predicted octanol–water partition coefficient (Wildman–Crippen LogP) is 4.03. The van der Waals surface area contributed by atoms with Crippen molar-refractivity contribution in [1.29, 1.82) is 0 Å². The number of hydrogen-bond donors (Lipinski definition) is 1. The van der Waals surface area contributed by atoms with Crippen LogP contribution in [0.4, 0.5) is 11.4 Å². The molecule has 0 saturated carbocycles. The SMILES string of the molecule is Cc1cc(N2CCN(CCO)CC2)cc(COc2ccc3c(c2)OC=CC3c2ccc([N+](=O)[O-])cc2)n1. The number of aliphatic hydroxyl groups excluding tert-OH is 1. The van der Waals surface area contributed by atoms with Gasteiger partial charge in [-0.05, 0) is 36.8 Å². The lowest BCUT2D eigenvalue weighted by molar-refractivity contribution is -0.384. The lowest BCUT2D eigenvalue weighted by Gasteiger charge is -2.36. The van der Waals surface area contributed by atoms with E-state index in [0.29, 0.717) is 18.1 Å². The van der Waals surface area contributed by atoms with Crippen molar-refractivity contribution in [2.24, 2.45) is 0 Å². The fourth-order valence-corrected chi connectivity index (χ4v) is 4.85. The Morgan fingerprint density at radius 3 is 2.62 bits per heavy atom. The highest BCUT2D eigenvalue weighted by atomic mass is 16.6. The highest BCUT2D eigenvalue weighted by Crippen LogP contribution is 2.39. The quantitative estimate of drug-likeness (QED) is 0.364. The first kappa shape index (κ1) is 24.7. The summed E-state index contributed by atoms with van der Waals surface area (Å²) in [4.78, 5) is 19.9. The number of ether oxygens (including phenoxy) is 2. The molecular formula is C28H30N4O5. The molecule has 37 heavy (non-hydrogen) atoms. The van der Waals surface area contributed by atoms with Crippen molar-refractivity contribution in [2.75, 3.05) is 44.2 Å². The first-order valence-electron chi connectivity index (χ1n) is 12.4. The summed E-state index contributed by atoms with van der Waals surface area (Å²) < 4.78 is 11.9. The van der Waals surface area contributed by atoms with E-state index < -0.39 is 4.92 Å². The van der Waals surface area contributed by atoms with Crippen molar-refractivity contribution in [3.8, 4) is 11.5 Å². The summed E-state index contributed by atoms with van der Waals surface area (Å²) >= 11 is 0. The summed E-state index contributed by atoms with van der Waals surface area (Å²) in [5, 5.41) is 20.2. The van der Waals surface area contributed by atoms with E-state index in [1.807, 2.05) is 31.2 Å². The molecule has 0 amide bonds. The van der Waals surface area contributed by atoms with E-state index in [0.717, 1.165) is 60.9 Å². The van der Waals surface area contributed by atoms with Gasteiger partial charge in [-0.3, -0.25) is 20.0 Å². The van der Waals surface area contributed by atoms with Gasteiger partial charge in [0.05, 0.1) is 23.5 Å². The average molecular weight is 503 g/mol. The van der Waals surface area contributed by atoms with Gasteiger partial charge in [0.1, 0.15) is 18.1 Å². The van der Waals surface area contributed by atoms with Crippen LogP contribution in [-0.2, 0) is 6.61 Å². The number of rotatable bonds is 8. The van der Waals surface area contributed by atoms with Gasteiger partial charge in [0.25, 0.3) is 5.69 Å². The maximum atomic E-state index is 11.0. The van der Waals surface area contributed by atoms with Crippen molar-refractivity contribution >= 4 is 11.4 Å². The zero-order valence-electron chi connectivity index (χ0n) is 20.7. The molecular weight excluding hydrogens is 472 g/mol. The number of anilines is 1. The maximum Gasteiger partial charge on any atom is 0.269 e. The van der Waals surface area contributed by atoms with Gasteiger partial charge in [-0.2, -0.15) is 0 Å². The third-order valence-corrected chi connectivity index (χ3v) is 6.78. The monoisotopic (exact) mass is 502 g/mol. The molecule has 1 N–H and O–H groups in total. The van der Waals surface area contributed by atoms with E-state index >= 15 is 0 Å². The Morgan fingerprint density at radius 2 is 1.89 bits per heavy atom. The number of aryl methyl sites for hydroxylation is 1. The second-order valence-electron chi connectivity index (χ2n) is 9.27. The van der Waals surface area contributed by atoms with Crippen LogP contribution in [0.1, 0.15) is 28.4 Å². The number of fused-ring (bicyclic) bond motifs is 1. The third-order valence-electron chi connectivity index (χ3n) is 6.78. The van der Waals surface area contributed by atoms with Gasteiger partial charge in [0.15, 0.2) is 0 Å². The zero-order valence-corrected chi connectivity index (χ0v) is 20.7. The summed E-state index contributed by atoms with van der Waals surface area (Å²) in [6.45, 7) is 6.92. The van der Waals surface area contributed by atoms with E-state index in [1.165, 1.54) is 12.1 Å². The number of benzene rings is 2. The number of aliphatic hydroxyl groups is 1. The van der Waals surface area contributed by atoms with Crippen molar-refractivity contribution in [3.05, 3.63) is 99.6 Å². The first-order valence-corrected chi connectivity index (χ1v) is 12.4. The molecule has 9 nitrogen and oxygen atoms in total. The molecule has 1 unspecified atom stereocenters. The van der Waals surface area contributed by atoms with Crippen molar-refractivity contribution < 1.29 is 19.5 Å². The lowest BCUT2D eigenvalue weighted by atomic mass is 9.89. The van der Waals surface area contributed by atoms with Crippen LogP contribution >= 0.6 is 0 Å². The predicted molar refractivity (Wildman–Crippen MR) is 140 cm³/mol. The van der Waals surface area contributed by atoms with E-state index in [4.69, 9.17) is 9.47 Å². The number of nitrogens with zero attached hydrogens (tertiary/aromatic N) is 4. The Morgan fingerprint density at radius 1 is 1.11 bits per heavy atom. The largest absolute Gasteiger partial charge is 0.487 e. The fraction of sp³-hybridized carbons (Fsp3) is 0.321. The molecule has 0 spiro atoms. The maximum absolute atomic E-state index is 11.0. The van der Waals surface area contributed by atoms with Gasteiger partial charge in [-0.25, -0.2) is 0 Å². The number of aromatic nitrogens is 1. The Hall–Kier alpha value is -3.95. The molecule has 0 radical (unpaired) electrons. The summed E-state index contributed by atoms with van der Waals surface area (Å²) in [5.41, 5.74) is 4.93. The fourth-order valence-electron chi connectivity index (χ4n) is 4.85. The molecule has 192 valence electrons. The number of nitro benzene ring substituents is 1. The van der Waals surface area contributed by atoms with Crippen molar-refractivity contribution in [2.45, 2.75) is 19.4 Å². The summed E-state index contributed by atoms with van der Waals surface area (Å²) in [6, 6.07) is 16.5. The minimum absolute atomic E-state index is 0.0579. The summed E-state index contributed by atoms with van der Waals surface area (Å²) in [5.74, 6) is 1.32. The number of hydrogen-bond acceptors (Lipinski definition) is 8. The third kappa shape index (κ3) is 5.73. The smallest absolute Gasteiger partial charge is 0.269 e. The summed E-state index contributed by atoms with van der Waals surface area (Å²) in [6.07, 6.45) is 3.58. The Bertz CT molecular complexity index is 1290. The molecule has 2 aliphatic rings. The van der Waals surface area contributed by atoms with Crippen LogP contribution in [0.25, 0.3) is 0 Å². The van der Waals surface area contributed by atoms with Gasteiger partial charge < -0.3 is 19.5 Å². The molecule has 3 aromatic rings. The molecule has 5 rings (SSSR count). The second kappa shape index (κ2) is 11.0. The molecule has 1 saturated heterocycles. The number of allylic oxidation sites excluding steroid dienone is 1. The van der Waals surface area contributed by atoms with Crippen molar-refractivity contribution in [1.82, 2.24) is 9.88 Å². The van der Waals surface area contributed by atoms with E-state index in [-0.39, 0.29) is 18.2 Å². The van der Waals surface area contributed by atoms with Crippen LogP contribution in [0.15, 0.2) is 66.9 Å². The van der Waals surface area contributed by atoms with Crippen LogP contribution in [-0.4, -0.2) is 59.2 Å². The molecule has 2 aliphatic heterocycles. The lowest BCUT2D eigenvalue weighted by Crippen LogP contribution is -2.47. The van der Waals surface area contributed by atoms with Crippen LogP contribution in [0.3, 0.4) is 0 Å². The number of pyridine rings is 1. The van der Waals surface area contributed by atoms with Crippen molar-refractivity contribution in [3.63, 3.8) is 0 Å². The van der Waals surface area contributed by atoms with Crippen LogP contribution in [0.2, 0.25) is 0 Å². The molecule has 2 aromatic carbocycles. The molecule has 1 aromatic heterocycles. The zero-order chi connectivity index (χ0) is 25.8. The Kier molecular flexibility index (Phi) is 7.34. The van der Waals surface area contributed by atoms with Gasteiger partial charge in [0.2, 0.25) is 0 Å². The van der Waals surface area contributed by atoms with Gasteiger partial charge in [0, 0.05) is 73.8 Å². The van der Waals surface area contributed by atoms with Gasteiger partial charge in [-0.1, -0.05) is 18.2 Å². The molecule has 3 heterocycles. The molecule has 9 heteroatoms. The minimum atomic E-state index is -0.396. The normalized spacial score (nSPS) is 17.2. The van der Waals surface area contributed by atoms with Gasteiger partial charge in [-0.15, -0.1) is 0 Å².